The number of rotatable bonds is 6. The zero-order valence-corrected chi connectivity index (χ0v) is 16.5. The number of nitrogens with zero attached hydrogens (tertiary/aromatic N) is 2. The molecule has 0 spiro atoms. The van der Waals surface area contributed by atoms with Crippen molar-refractivity contribution in [2.45, 2.75) is 31.1 Å². The Labute approximate surface area is 168 Å². The number of benzene rings is 1. The van der Waals surface area contributed by atoms with Gasteiger partial charge in [0.05, 0.1) is 22.8 Å². The number of aliphatic imine (C=N–C) groups is 2. The summed E-state index contributed by atoms with van der Waals surface area (Å²) in [6.07, 6.45) is 7.91. The van der Waals surface area contributed by atoms with E-state index in [1.165, 1.54) is 23.6 Å². The molecule has 2 N–H and O–H groups in total. The van der Waals surface area contributed by atoms with Crippen LogP contribution in [0.3, 0.4) is 0 Å². The second kappa shape index (κ2) is 9.01. The molecule has 0 saturated carbocycles. The van der Waals surface area contributed by atoms with Crippen LogP contribution < -0.4 is 10.0 Å². The Kier molecular flexibility index (Phi) is 6.46. The summed E-state index contributed by atoms with van der Waals surface area (Å²) in [7, 11) is 0. The zero-order valence-electron chi connectivity index (χ0n) is 15.7. The highest BCUT2D eigenvalue weighted by atomic mass is 32.2. The third-order valence-corrected chi connectivity index (χ3v) is 5.49. The lowest BCUT2D eigenvalue weighted by Crippen LogP contribution is -2.30. The van der Waals surface area contributed by atoms with Crippen molar-refractivity contribution in [3.05, 3.63) is 71.0 Å². The van der Waals surface area contributed by atoms with E-state index in [1.807, 2.05) is 0 Å². The lowest BCUT2D eigenvalue weighted by molar-refractivity contribution is 0.613. The number of nitrogens with one attached hydrogen (secondary N) is 2. The van der Waals surface area contributed by atoms with Gasteiger partial charge in [-0.3, -0.25) is 9.71 Å². The van der Waals surface area contributed by atoms with Crippen molar-refractivity contribution in [1.29, 1.82) is 0 Å². The molecule has 0 atom stereocenters. The highest BCUT2D eigenvalue weighted by molar-refractivity contribution is 7.98. The van der Waals surface area contributed by atoms with Crippen molar-refractivity contribution in [1.82, 2.24) is 4.72 Å². The highest BCUT2D eigenvalue weighted by Crippen LogP contribution is 2.36. The molecule has 0 radical (unpaired) electrons. The van der Waals surface area contributed by atoms with Crippen molar-refractivity contribution in [2.75, 3.05) is 11.9 Å². The molecule has 0 saturated heterocycles. The minimum Gasteiger partial charge on any atom is -0.324 e. The van der Waals surface area contributed by atoms with Crippen molar-refractivity contribution in [3.63, 3.8) is 0 Å². The third kappa shape index (κ3) is 4.42. The summed E-state index contributed by atoms with van der Waals surface area (Å²) in [5, 5.41) is 3.15. The summed E-state index contributed by atoms with van der Waals surface area (Å²) in [6.45, 7) is 8.78. The summed E-state index contributed by atoms with van der Waals surface area (Å²) >= 11 is 1.34. The standard InChI is InChI=1S/C21H22F2N4S/c1-4-16(22)18(24-3)12-25-21-26-20-15(11-14-8-6-5-7-13(14)2)17(23)9-10-19(20)28-27-21/h4,7-10H,1,3,5-6,11-12H2,2H3,(H2,25,26,27)/b18-16+. The molecule has 0 amide bonds. The summed E-state index contributed by atoms with van der Waals surface area (Å²) in [6, 6.07) is 3.21. The molecule has 0 unspecified atom stereocenters. The van der Waals surface area contributed by atoms with Crippen LogP contribution in [0.5, 0.6) is 0 Å². The van der Waals surface area contributed by atoms with Gasteiger partial charge >= 0.3 is 0 Å². The van der Waals surface area contributed by atoms with Crippen molar-refractivity contribution in [2.24, 2.45) is 9.98 Å². The van der Waals surface area contributed by atoms with E-state index < -0.39 is 5.83 Å². The Morgan fingerprint density at radius 1 is 1.32 bits per heavy atom. The molecule has 1 aromatic rings. The molecule has 2 aliphatic rings. The first-order valence-corrected chi connectivity index (χ1v) is 9.74. The molecule has 7 heteroatoms. The zero-order chi connectivity index (χ0) is 20.1. The smallest absolute Gasteiger partial charge is 0.206 e. The van der Waals surface area contributed by atoms with Crippen LogP contribution in [0.1, 0.15) is 25.3 Å². The summed E-state index contributed by atoms with van der Waals surface area (Å²) in [4.78, 5) is 8.82. The fourth-order valence-corrected chi connectivity index (χ4v) is 3.77. The van der Waals surface area contributed by atoms with Gasteiger partial charge in [-0.15, -0.1) is 0 Å². The molecular weight excluding hydrogens is 378 g/mol. The van der Waals surface area contributed by atoms with Gasteiger partial charge in [0, 0.05) is 12.0 Å². The van der Waals surface area contributed by atoms with Gasteiger partial charge < -0.3 is 5.32 Å². The van der Waals surface area contributed by atoms with Crippen molar-refractivity contribution < 1.29 is 8.78 Å². The molecule has 4 nitrogen and oxygen atoms in total. The van der Waals surface area contributed by atoms with E-state index in [-0.39, 0.29) is 18.1 Å². The van der Waals surface area contributed by atoms with Crippen molar-refractivity contribution >= 4 is 30.3 Å². The summed E-state index contributed by atoms with van der Waals surface area (Å²) < 4.78 is 31.4. The van der Waals surface area contributed by atoms with Crippen LogP contribution in [-0.4, -0.2) is 19.2 Å². The Balaban J connectivity index is 1.87. The fourth-order valence-electron chi connectivity index (χ4n) is 3.04. The predicted octanol–water partition coefficient (Wildman–Crippen LogP) is 5.48. The predicted molar refractivity (Wildman–Crippen MR) is 114 cm³/mol. The lowest BCUT2D eigenvalue weighted by Gasteiger charge is -2.24. The molecular formula is C21H22F2N4S. The van der Waals surface area contributed by atoms with Crippen molar-refractivity contribution in [3.8, 4) is 0 Å². The number of fused-ring (bicyclic) bond motifs is 1. The fraction of sp³-hybridized carbons (Fsp3) is 0.238. The van der Waals surface area contributed by atoms with Crippen LogP contribution in [-0.2, 0) is 6.42 Å². The van der Waals surface area contributed by atoms with E-state index in [4.69, 9.17) is 0 Å². The first-order chi connectivity index (χ1) is 13.5. The Morgan fingerprint density at radius 3 is 2.82 bits per heavy atom. The average Bonchev–Trinajstić information content (AvgIpc) is 2.71. The van der Waals surface area contributed by atoms with Gasteiger partial charge in [-0.05, 0) is 62.2 Å². The highest BCUT2D eigenvalue weighted by Gasteiger charge is 2.21. The second-order valence-electron chi connectivity index (χ2n) is 6.42. The molecule has 1 aromatic carbocycles. The molecule has 28 heavy (non-hydrogen) atoms. The van der Waals surface area contributed by atoms with Gasteiger partial charge in [-0.2, -0.15) is 0 Å². The molecule has 146 valence electrons. The van der Waals surface area contributed by atoms with E-state index in [9.17, 15) is 8.78 Å². The van der Waals surface area contributed by atoms with Gasteiger partial charge in [0.2, 0.25) is 5.96 Å². The molecule has 3 rings (SSSR count). The number of hydrogen-bond acceptors (Lipinski definition) is 3. The third-order valence-electron chi connectivity index (χ3n) is 4.63. The SMILES string of the molecule is C=C/C(F)=C(/CN=C1NSc2ccc(F)c(CC3=CCCC=C3C)c2N1)N=C. The minimum absolute atomic E-state index is 0.00969. The maximum atomic E-state index is 14.7. The Hall–Kier alpha value is -2.67. The first kappa shape index (κ1) is 20.1. The van der Waals surface area contributed by atoms with Crippen LogP contribution in [0.4, 0.5) is 14.5 Å². The number of hydrogen-bond donors (Lipinski definition) is 2. The van der Waals surface area contributed by atoms with E-state index in [1.54, 1.807) is 6.07 Å². The van der Waals surface area contributed by atoms with Crippen LogP contribution >= 0.6 is 11.9 Å². The maximum absolute atomic E-state index is 14.7. The minimum atomic E-state index is -0.568. The molecule has 1 aliphatic heterocycles. The monoisotopic (exact) mass is 400 g/mol. The Bertz CT molecular complexity index is 929. The molecule has 1 heterocycles. The molecule has 0 fully saturated rings. The largest absolute Gasteiger partial charge is 0.324 e. The summed E-state index contributed by atoms with van der Waals surface area (Å²) in [5.74, 6) is -0.424. The van der Waals surface area contributed by atoms with Gasteiger partial charge in [0.25, 0.3) is 0 Å². The quantitative estimate of drug-likeness (QED) is 0.378. The summed E-state index contributed by atoms with van der Waals surface area (Å²) in [5.41, 5.74) is 3.69. The Morgan fingerprint density at radius 2 is 2.11 bits per heavy atom. The normalized spacial score (nSPS) is 18.2. The number of allylic oxidation sites excluding steroid dienone is 6. The van der Waals surface area contributed by atoms with Crippen LogP contribution in [0.25, 0.3) is 0 Å². The number of anilines is 1. The molecule has 0 bridgehead atoms. The van der Waals surface area contributed by atoms with E-state index in [2.05, 4.69) is 52.4 Å². The van der Waals surface area contributed by atoms with Crippen LogP contribution in [0, 0.1) is 5.82 Å². The van der Waals surface area contributed by atoms with E-state index in [0.717, 1.165) is 29.4 Å². The maximum Gasteiger partial charge on any atom is 0.206 e. The van der Waals surface area contributed by atoms with Gasteiger partial charge in [-0.1, -0.05) is 24.3 Å². The lowest BCUT2D eigenvalue weighted by atomic mass is 9.92. The van der Waals surface area contributed by atoms with Crippen LogP contribution in [0.15, 0.2) is 74.5 Å². The topological polar surface area (TPSA) is 48.8 Å². The second-order valence-corrected chi connectivity index (χ2v) is 7.27. The number of halogens is 2. The van der Waals surface area contributed by atoms with E-state index >= 15 is 0 Å². The number of guanidine groups is 1. The van der Waals surface area contributed by atoms with Crippen LogP contribution in [0.2, 0.25) is 0 Å². The molecule has 0 aromatic heterocycles. The first-order valence-electron chi connectivity index (χ1n) is 8.93. The van der Waals surface area contributed by atoms with Gasteiger partial charge in [0.1, 0.15) is 11.6 Å². The average molecular weight is 400 g/mol. The van der Waals surface area contributed by atoms with Gasteiger partial charge in [-0.25, -0.2) is 13.8 Å². The van der Waals surface area contributed by atoms with Gasteiger partial charge in [0.15, 0.2) is 0 Å². The van der Waals surface area contributed by atoms with E-state index in [0.29, 0.717) is 23.6 Å². The molecule has 1 aliphatic carbocycles.